The van der Waals surface area contributed by atoms with Crippen molar-refractivity contribution in [3.05, 3.63) is 30.7 Å². The third kappa shape index (κ3) is 0.861. The normalized spacial score (nSPS) is 16.4. The first kappa shape index (κ1) is 5.29. The van der Waals surface area contributed by atoms with Crippen LogP contribution in [0.4, 0.5) is 0 Å². The highest BCUT2D eigenvalue weighted by molar-refractivity contribution is 5.99. The summed E-state index contributed by atoms with van der Waals surface area (Å²) in [5, 5.41) is 0. The average molecular weight is 107 g/mol. The molecule has 0 aromatic carbocycles. The van der Waals surface area contributed by atoms with Gasteiger partial charge in [0.2, 0.25) is 0 Å². The first-order chi connectivity index (χ1) is 3.80. The van der Waals surface area contributed by atoms with Crippen LogP contribution >= 0.6 is 0 Å². The molecular weight excluding hydrogens is 100 g/mol. The standard InChI is InChI=1S/C7H7O/c1-6(8)7-4-2-3-5-7/h2-4H,1,5H2. The van der Waals surface area contributed by atoms with E-state index in [1.807, 2.05) is 12.2 Å². The molecule has 0 saturated carbocycles. The number of hydrogen-bond donors (Lipinski definition) is 0. The molecule has 0 aliphatic heterocycles. The van der Waals surface area contributed by atoms with Crippen LogP contribution in [-0.4, -0.2) is 5.78 Å². The number of Topliss-reactive ketones (excluding diaryl/α,β-unsaturated/α-hetero) is 1. The van der Waals surface area contributed by atoms with E-state index in [2.05, 4.69) is 6.92 Å². The monoisotopic (exact) mass is 107 g/mol. The van der Waals surface area contributed by atoms with Gasteiger partial charge in [0.05, 0.1) is 0 Å². The molecular formula is C7H7O. The molecule has 8 heavy (non-hydrogen) atoms. The van der Waals surface area contributed by atoms with Crippen LogP contribution in [0, 0.1) is 6.92 Å². The van der Waals surface area contributed by atoms with Crippen LogP contribution in [0.1, 0.15) is 6.42 Å². The summed E-state index contributed by atoms with van der Waals surface area (Å²) < 4.78 is 0. The van der Waals surface area contributed by atoms with Gasteiger partial charge in [0.25, 0.3) is 0 Å². The maximum Gasteiger partial charge on any atom is 0.159 e. The van der Waals surface area contributed by atoms with Crippen molar-refractivity contribution in [2.75, 3.05) is 0 Å². The van der Waals surface area contributed by atoms with Crippen LogP contribution in [0.3, 0.4) is 0 Å². The predicted molar refractivity (Wildman–Crippen MR) is 32.2 cm³/mol. The number of rotatable bonds is 1. The highest BCUT2D eigenvalue weighted by atomic mass is 16.1. The summed E-state index contributed by atoms with van der Waals surface area (Å²) in [6.07, 6.45) is 6.38. The molecule has 1 radical (unpaired) electrons. The second-order valence-corrected chi connectivity index (χ2v) is 1.75. The molecule has 0 bridgehead atoms. The van der Waals surface area contributed by atoms with E-state index in [0.29, 0.717) is 0 Å². The SMILES string of the molecule is [CH2]C(=O)C1=CC=CC1. The number of allylic oxidation sites excluding steroid dienone is 4. The van der Waals surface area contributed by atoms with Crippen LogP contribution in [0.5, 0.6) is 0 Å². The van der Waals surface area contributed by atoms with Crippen molar-refractivity contribution in [3.63, 3.8) is 0 Å². The zero-order valence-corrected chi connectivity index (χ0v) is 4.55. The minimum atomic E-state index is -0.0602. The molecule has 41 valence electrons. The molecule has 1 rings (SSSR count). The molecule has 0 aromatic heterocycles. The van der Waals surface area contributed by atoms with E-state index in [4.69, 9.17) is 0 Å². The highest BCUT2D eigenvalue weighted by Gasteiger charge is 2.02. The molecule has 0 unspecified atom stereocenters. The first-order valence-electron chi connectivity index (χ1n) is 2.52. The lowest BCUT2D eigenvalue weighted by molar-refractivity contribution is -0.111. The van der Waals surface area contributed by atoms with E-state index in [-0.39, 0.29) is 5.78 Å². The van der Waals surface area contributed by atoms with Gasteiger partial charge in [-0.25, -0.2) is 0 Å². The molecule has 0 spiro atoms. The lowest BCUT2D eigenvalue weighted by Gasteiger charge is -1.88. The quantitative estimate of drug-likeness (QED) is 0.493. The van der Waals surface area contributed by atoms with E-state index < -0.39 is 0 Å². The number of carbonyl (C=O) groups excluding carboxylic acids is 1. The molecule has 1 aliphatic rings. The largest absolute Gasteiger partial charge is 0.295 e. The average Bonchev–Trinajstić information content (AvgIpc) is 2.12. The second kappa shape index (κ2) is 1.95. The van der Waals surface area contributed by atoms with Gasteiger partial charge in [0.1, 0.15) is 0 Å². The van der Waals surface area contributed by atoms with Crippen LogP contribution in [0.25, 0.3) is 0 Å². The third-order valence-electron chi connectivity index (χ3n) is 1.13. The van der Waals surface area contributed by atoms with Gasteiger partial charge in [-0.1, -0.05) is 18.2 Å². The van der Waals surface area contributed by atoms with E-state index >= 15 is 0 Å². The number of ketones is 1. The van der Waals surface area contributed by atoms with E-state index in [1.54, 1.807) is 6.08 Å². The molecule has 1 nitrogen and oxygen atoms in total. The summed E-state index contributed by atoms with van der Waals surface area (Å²) in [5.41, 5.74) is 0.810. The molecule has 0 amide bonds. The Morgan fingerprint density at radius 3 is 2.75 bits per heavy atom. The van der Waals surface area contributed by atoms with Crippen molar-refractivity contribution < 1.29 is 4.79 Å². The second-order valence-electron chi connectivity index (χ2n) is 1.75. The van der Waals surface area contributed by atoms with E-state index in [9.17, 15) is 4.79 Å². The van der Waals surface area contributed by atoms with Crippen molar-refractivity contribution in [3.8, 4) is 0 Å². The molecule has 1 heteroatoms. The van der Waals surface area contributed by atoms with Crippen molar-refractivity contribution >= 4 is 5.78 Å². The molecule has 0 aromatic rings. The maximum absolute atomic E-state index is 10.4. The van der Waals surface area contributed by atoms with Gasteiger partial charge in [-0.3, -0.25) is 4.79 Å². The minimum absolute atomic E-state index is 0.0602. The van der Waals surface area contributed by atoms with Gasteiger partial charge < -0.3 is 0 Å². The first-order valence-corrected chi connectivity index (χ1v) is 2.52. The van der Waals surface area contributed by atoms with E-state index in [0.717, 1.165) is 12.0 Å². The fourth-order valence-corrected chi connectivity index (χ4v) is 0.654. The fraction of sp³-hybridized carbons (Fsp3) is 0.143. The number of carbonyl (C=O) groups is 1. The Bertz CT molecular complexity index is 163. The van der Waals surface area contributed by atoms with Gasteiger partial charge in [-0.15, -0.1) is 0 Å². The third-order valence-corrected chi connectivity index (χ3v) is 1.13. The van der Waals surface area contributed by atoms with E-state index in [1.165, 1.54) is 0 Å². The smallest absolute Gasteiger partial charge is 0.159 e. The Balaban J connectivity index is 2.64. The topological polar surface area (TPSA) is 17.1 Å². The van der Waals surface area contributed by atoms with Crippen molar-refractivity contribution in [2.45, 2.75) is 6.42 Å². The van der Waals surface area contributed by atoms with Gasteiger partial charge >= 0.3 is 0 Å². The summed E-state index contributed by atoms with van der Waals surface area (Å²) in [5.74, 6) is -0.0602. The molecule has 0 heterocycles. The molecule has 1 aliphatic carbocycles. The van der Waals surface area contributed by atoms with Crippen molar-refractivity contribution in [1.82, 2.24) is 0 Å². The van der Waals surface area contributed by atoms with Gasteiger partial charge in [-0.05, 0) is 12.0 Å². The zero-order valence-electron chi connectivity index (χ0n) is 4.55. The minimum Gasteiger partial charge on any atom is -0.295 e. The van der Waals surface area contributed by atoms with Gasteiger partial charge in [-0.2, -0.15) is 0 Å². The highest BCUT2D eigenvalue weighted by Crippen LogP contribution is 2.09. The summed E-state index contributed by atoms with van der Waals surface area (Å²) in [4.78, 5) is 10.4. The maximum atomic E-state index is 10.4. The summed E-state index contributed by atoms with van der Waals surface area (Å²) in [6, 6.07) is 0. The van der Waals surface area contributed by atoms with Gasteiger partial charge in [0.15, 0.2) is 5.78 Å². The molecule has 0 atom stereocenters. The number of hydrogen-bond acceptors (Lipinski definition) is 1. The Morgan fingerprint density at radius 2 is 2.50 bits per heavy atom. The molecule has 0 fully saturated rings. The lowest BCUT2D eigenvalue weighted by Crippen LogP contribution is -1.91. The molecule has 0 N–H and O–H groups in total. The fourth-order valence-electron chi connectivity index (χ4n) is 0.654. The Kier molecular flexibility index (Phi) is 1.29. The summed E-state index contributed by atoms with van der Waals surface area (Å²) in [7, 11) is 0. The van der Waals surface area contributed by atoms with Crippen LogP contribution in [0.15, 0.2) is 23.8 Å². The Labute approximate surface area is 48.7 Å². The molecule has 0 saturated heterocycles. The van der Waals surface area contributed by atoms with Crippen LogP contribution in [0.2, 0.25) is 0 Å². The summed E-state index contributed by atoms with van der Waals surface area (Å²) >= 11 is 0. The Hall–Kier alpha value is -0.850. The van der Waals surface area contributed by atoms with Crippen LogP contribution in [-0.2, 0) is 4.79 Å². The summed E-state index contributed by atoms with van der Waals surface area (Å²) in [6.45, 7) is 3.27. The van der Waals surface area contributed by atoms with Crippen molar-refractivity contribution in [2.24, 2.45) is 0 Å². The zero-order chi connectivity index (χ0) is 5.98. The lowest BCUT2D eigenvalue weighted by atomic mass is 10.2. The van der Waals surface area contributed by atoms with Crippen molar-refractivity contribution in [1.29, 1.82) is 0 Å². The Morgan fingerprint density at radius 1 is 1.75 bits per heavy atom. The predicted octanol–water partition coefficient (Wildman–Crippen LogP) is 1.28. The van der Waals surface area contributed by atoms with Crippen LogP contribution < -0.4 is 0 Å². The van der Waals surface area contributed by atoms with Gasteiger partial charge in [0, 0.05) is 6.92 Å².